The molecule has 182 valence electrons. The van der Waals surface area contributed by atoms with Gasteiger partial charge in [0.05, 0.1) is 18.8 Å². The molecule has 0 aliphatic carbocycles. The molecule has 0 aliphatic heterocycles. The lowest BCUT2D eigenvalue weighted by Gasteiger charge is -2.23. The highest BCUT2D eigenvalue weighted by atomic mass is 16.4. The SMILES string of the molecule is CC(NC(=O)C(Cc1cnc[nH]1)NC(=O)C(N)CC(=O)O)C(=O)NC(CCC(=O)O)C(=O)O. The average molecular weight is 470 g/mol. The molecule has 9 N–H and O–H groups in total. The lowest BCUT2D eigenvalue weighted by molar-refractivity contribution is -0.143. The fraction of sp³-hybridized carbons (Fsp3) is 0.500. The standard InChI is InChI=1S/C18H26N6O9/c1-8(15(29)23-11(18(32)33)2-3-13(25)26)22-17(31)12(4-9-6-20-7-21-9)24-16(30)10(19)5-14(27)28/h6-8,10-12H,2-5,19H2,1H3,(H,20,21)(H,22,31)(H,23,29)(H,24,30)(H,25,26)(H,27,28)(H,32,33). The number of aromatic amines is 1. The molecule has 15 heteroatoms. The third-order valence-electron chi connectivity index (χ3n) is 4.36. The molecule has 1 aromatic rings. The third kappa shape index (κ3) is 9.77. The molecule has 3 amide bonds. The second-order valence-electron chi connectivity index (χ2n) is 7.11. The number of carbonyl (C=O) groups is 6. The van der Waals surface area contributed by atoms with Gasteiger partial charge in [-0.25, -0.2) is 9.78 Å². The van der Waals surface area contributed by atoms with Gasteiger partial charge in [-0.05, 0) is 13.3 Å². The summed E-state index contributed by atoms with van der Waals surface area (Å²) in [5.74, 6) is -6.63. The lowest BCUT2D eigenvalue weighted by Crippen LogP contribution is -2.57. The Balaban J connectivity index is 2.83. The van der Waals surface area contributed by atoms with E-state index < -0.39 is 72.6 Å². The summed E-state index contributed by atoms with van der Waals surface area (Å²) < 4.78 is 0. The molecule has 1 heterocycles. The molecular weight excluding hydrogens is 444 g/mol. The minimum atomic E-state index is -1.48. The van der Waals surface area contributed by atoms with E-state index in [-0.39, 0.29) is 12.8 Å². The first-order valence-electron chi connectivity index (χ1n) is 9.71. The van der Waals surface area contributed by atoms with E-state index in [1.165, 1.54) is 19.4 Å². The smallest absolute Gasteiger partial charge is 0.326 e. The molecule has 0 saturated carbocycles. The number of H-pyrrole nitrogens is 1. The third-order valence-corrected chi connectivity index (χ3v) is 4.36. The quantitative estimate of drug-likeness (QED) is 0.137. The van der Waals surface area contributed by atoms with Crippen LogP contribution in [0.2, 0.25) is 0 Å². The number of carboxylic acids is 3. The number of carboxylic acid groups (broad SMARTS) is 3. The number of amides is 3. The normalized spacial score (nSPS) is 14.2. The monoisotopic (exact) mass is 470 g/mol. The van der Waals surface area contributed by atoms with Crippen LogP contribution in [0.3, 0.4) is 0 Å². The number of hydrogen-bond acceptors (Lipinski definition) is 8. The van der Waals surface area contributed by atoms with E-state index in [4.69, 9.17) is 21.1 Å². The maximum Gasteiger partial charge on any atom is 0.326 e. The van der Waals surface area contributed by atoms with E-state index in [1.54, 1.807) is 0 Å². The summed E-state index contributed by atoms with van der Waals surface area (Å²) in [6, 6.07) is -5.43. The van der Waals surface area contributed by atoms with Gasteiger partial charge in [0.15, 0.2) is 0 Å². The van der Waals surface area contributed by atoms with Crippen LogP contribution in [0.4, 0.5) is 0 Å². The van der Waals surface area contributed by atoms with Crippen molar-refractivity contribution in [2.75, 3.05) is 0 Å². The number of aliphatic carboxylic acids is 3. The fourth-order valence-corrected chi connectivity index (χ4v) is 2.59. The summed E-state index contributed by atoms with van der Waals surface area (Å²) in [6.07, 6.45) is 1.10. The largest absolute Gasteiger partial charge is 0.481 e. The van der Waals surface area contributed by atoms with E-state index in [0.717, 1.165) is 0 Å². The van der Waals surface area contributed by atoms with Crippen molar-refractivity contribution >= 4 is 35.6 Å². The summed E-state index contributed by atoms with van der Waals surface area (Å²) in [4.78, 5) is 76.4. The van der Waals surface area contributed by atoms with Crippen LogP contribution in [0.5, 0.6) is 0 Å². The number of imidazole rings is 1. The Hall–Kier alpha value is -4.01. The zero-order chi connectivity index (χ0) is 25.1. The van der Waals surface area contributed by atoms with Crippen molar-refractivity contribution in [2.24, 2.45) is 5.73 Å². The number of rotatable bonds is 14. The van der Waals surface area contributed by atoms with Gasteiger partial charge in [0.25, 0.3) is 0 Å². The first-order chi connectivity index (χ1) is 15.4. The maximum absolute atomic E-state index is 12.7. The molecule has 0 fully saturated rings. The van der Waals surface area contributed by atoms with E-state index in [1.807, 2.05) is 0 Å². The molecule has 1 rings (SSSR count). The minimum absolute atomic E-state index is 0.0952. The molecule has 1 aromatic heterocycles. The molecule has 0 saturated heterocycles. The Bertz CT molecular complexity index is 873. The molecule has 4 atom stereocenters. The zero-order valence-corrected chi connectivity index (χ0v) is 17.6. The Kier molecular flexibility index (Phi) is 10.4. The van der Waals surface area contributed by atoms with Crippen molar-refractivity contribution < 1.29 is 44.1 Å². The maximum atomic E-state index is 12.7. The van der Waals surface area contributed by atoms with Crippen molar-refractivity contribution in [1.29, 1.82) is 0 Å². The predicted molar refractivity (Wildman–Crippen MR) is 108 cm³/mol. The van der Waals surface area contributed by atoms with Gasteiger partial charge in [0.2, 0.25) is 17.7 Å². The van der Waals surface area contributed by atoms with Crippen LogP contribution in [0.1, 0.15) is 31.9 Å². The number of aromatic nitrogens is 2. The van der Waals surface area contributed by atoms with E-state index in [2.05, 4.69) is 25.9 Å². The minimum Gasteiger partial charge on any atom is -0.481 e. The zero-order valence-electron chi connectivity index (χ0n) is 17.6. The summed E-state index contributed by atoms with van der Waals surface area (Å²) in [6.45, 7) is 1.26. The van der Waals surface area contributed by atoms with Crippen LogP contribution in [-0.2, 0) is 35.2 Å². The lowest BCUT2D eigenvalue weighted by atomic mass is 10.1. The second-order valence-corrected chi connectivity index (χ2v) is 7.11. The van der Waals surface area contributed by atoms with Crippen LogP contribution in [-0.4, -0.2) is 85.1 Å². The Morgan fingerprint density at radius 2 is 1.61 bits per heavy atom. The van der Waals surface area contributed by atoms with Gasteiger partial charge >= 0.3 is 17.9 Å². The Morgan fingerprint density at radius 3 is 2.12 bits per heavy atom. The van der Waals surface area contributed by atoms with Crippen molar-refractivity contribution in [3.05, 3.63) is 18.2 Å². The fourth-order valence-electron chi connectivity index (χ4n) is 2.59. The van der Waals surface area contributed by atoms with Gasteiger partial charge in [0, 0.05) is 24.7 Å². The van der Waals surface area contributed by atoms with Crippen LogP contribution in [0, 0.1) is 0 Å². The van der Waals surface area contributed by atoms with Crippen LogP contribution in [0.15, 0.2) is 12.5 Å². The van der Waals surface area contributed by atoms with Gasteiger partial charge in [-0.2, -0.15) is 0 Å². The Labute approximate surface area is 187 Å². The van der Waals surface area contributed by atoms with Gasteiger partial charge in [-0.3, -0.25) is 24.0 Å². The number of nitrogens with two attached hydrogens (primary N) is 1. The first-order valence-corrected chi connectivity index (χ1v) is 9.71. The molecule has 15 nitrogen and oxygen atoms in total. The highest BCUT2D eigenvalue weighted by Crippen LogP contribution is 2.03. The summed E-state index contributed by atoms with van der Waals surface area (Å²) >= 11 is 0. The van der Waals surface area contributed by atoms with Gasteiger partial charge < -0.3 is 42.0 Å². The van der Waals surface area contributed by atoms with Gasteiger partial charge in [-0.1, -0.05) is 0 Å². The second kappa shape index (κ2) is 12.7. The van der Waals surface area contributed by atoms with E-state index >= 15 is 0 Å². The Morgan fingerprint density at radius 1 is 0.970 bits per heavy atom. The highest BCUT2D eigenvalue weighted by Gasteiger charge is 2.29. The van der Waals surface area contributed by atoms with Crippen molar-refractivity contribution in [2.45, 2.75) is 56.8 Å². The average Bonchev–Trinajstić information content (AvgIpc) is 3.22. The predicted octanol–water partition coefficient (Wildman–Crippen LogP) is -2.82. The van der Waals surface area contributed by atoms with Gasteiger partial charge in [-0.15, -0.1) is 0 Å². The molecule has 0 aliphatic rings. The summed E-state index contributed by atoms with van der Waals surface area (Å²) in [7, 11) is 0. The summed E-state index contributed by atoms with van der Waals surface area (Å²) in [5, 5.41) is 33.4. The van der Waals surface area contributed by atoms with Gasteiger partial charge in [0.1, 0.15) is 18.1 Å². The van der Waals surface area contributed by atoms with E-state index in [0.29, 0.717) is 5.69 Å². The van der Waals surface area contributed by atoms with E-state index in [9.17, 15) is 28.8 Å². The number of carbonyl (C=O) groups excluding carboxylic acids is 3. The molecule has 0 aromatic carbocycles. The van der Waals surface area contributed by atoms with Crippen LogP contribution in [0.25, 0.3) is 0 Å². The molecular formula is C18H26N6O9. The van der Waals surface area contributed by atoms with Crippen molar-refractivity contribution in [3.8, 4) is 0 Å². The molecule has 0 radical (unpaired) electrons. The number of nitrogens with zero attached hydrogens (tertiary/aromatic N) is 1. The molecule has 0 spiro atoms. The summed E-state index contributed by atoms with van der Waals surface area (Å²) in [5.41, 5.74) is 5.96. The molecule has 33 heavy (non-hydrogen) atoms. The molecule has 0 bridgehead atoms. The van der Waals surface area contributed by atoms with Crippen molar-refractivity contribution in [3.63, 3.8) is 0 Å². The van der Waals surface area contributed by atoms with Crippen LogP contribution < -0.4 is 21.7 Å². The van der Waals surface area contributed by atoms with Crippen LogP contribution >= 0.6 is 0 Å². The topological polar surface area (TPSA) is 254 Å². The van der Waals surface area contributed by atoms with Crippen molar-refractivity contribution in [1.82, 2.24) is 25.9 Å². The first kappa shape index (κ1) is 27.0. The number of hydrogen-bond donors (Lipinski definition) is 8. The molecule has 4 unspecified atom stereocenters. The highest BCUT2D eigenvalue weighted by molar-refractivity contribution is 5.94. The number of nitrogens with one attached hydrogen (secondary N) is 4.